The second kappa shape index (κ2) is 6.94. The van der Waals surface area contributed by atoms with Crippen molar-refractivity contribution in [3.8, 4) is 0 Å². The zero-order chi connectivity index (χ0) is 17.2. The van der Waals surface area contributed by atoms with Crippen LogP contribution in [0.3, 0.4) is 0 Å². The highest BCUT2D eigenvalue weighted by atomic mass is 19.1. The molecule has 1 aliphatic heterocycles. The fourth-order valence-corrected chi connectivity index (χ4v) is 3.79. The minimum absolute atomic E-state index is 0.234. The molecule has 2 aromatic heterocycles. The van der Waals surface area contributed by atoms with E-state index in [-0.39, 0.29) is 11.9 Å². The summed E-state index contributed by atoms with van der Waals surface area (Å²) in [6.07, 6.45) is 5.44. The first-order valence-corrected chi connectivity index (χ1v) is 8.69. The minimum atomic E-state index is -0.608. The third-order valence-corrected chi connectivity index (χ3v) is 4.99. The Hall–Kier alpha value is -2.24. The summed E-state index contributed by atoms with van der Waals surface area (Å²) in [5.41, 5.74) is 1.75. The van der Waals surface area contributed by atoms with E-state index in [4.69, 9.17) is 4.42 Å². The molecule has 1 fully saturated rings. The van der Waals surface area contributed by atoms with Crippen LogP contribution >= 0.6 is 0 Å². The fourth-order valence-electron chi connectivity index (χ4n) is 3.79. The molecule has 2 atom stereocenters. The van der Waals surface area contributed by atoms with Gasteiger partial charge in [0.15, 0.2) is 0 Å². The smallest absolute Gasteiger partial charge is 0.132 e. The largest absolute Gasteiger partial charge is 0.467 e. The summed E-state index contributed by atoms with van der Waals surface area (Å²) in [7, 11) is 0. The number of likely N-dealkylation sites (tertiary alicyclic amines) is 1. The molecule has 3 aromatic rings. The molecule has 3 heterocycles. The summed E-state index contributed by atoms with van der Waals surface area (Å²) in [4.78, 5) is 6.75. The van der Waals surface area contributed by atoms with Crippen LogP contribution in [0.5, 0.6) is 0 Å². The van der Waals surface area contributed by atoms with E-state index in [0.717, 1.165) is 35.9 Å². The predicted octanol–water partition coefficient (Wildman–Crippen LogP) is 4.06. The molecule has 4 nitrogen and oxygen atoms in total. The van der Waals surface area contributed by atoms with E-state index in [1.807, 2.05) is 12.1 Å². The normalized spacial score (nSPS) is 19.5. The number of nitrogens with zero attached hydrogens (tertiary/aromatic N) is 2. The van der Waals surface area contributed by atoms with Crippen molar-refractivity contribution < 1.29 is 13.9 Å². The average Bonchev–Trinajstić information content (AvgIpc) is 3.27. The Bertz CT molecular complexity index is 850. The van der Waals surface area contributed by atoms with Crippen molar-refractivity contribution in [2.75, 3.05) is 6.54 Å². The van der Waals surface area contributed by atoms with Crippen LogP contribution in [0.4, 0.5) is 4.39 Å². The van der Waals surface area contributed by atoms with Crippen molar-refractivity contribution in [3.05, 3.63) is 66.0 Å². The molecule has 0 aliphatic carbocycles. The van der Waals surface area contributed by atoms with Gasteiger partial charge in [0, 0.05) is 24.2 Å². The lowest BCUT2D eigenvalue weighted by Crippen LogP contribution is -2.30. The number of halogens is 1. The number of fused-ring (bicyclic) bond motifs is 1. The summed E-state index contributed by atoms with van der Waals surface area (Å²) in [6, 6.07) is 10.6. The van der Waals surface area contributed by atoms with Crippen molar-refractivity contribution in [1.82, 2.24) is 9.88 Å². The number of pyridine rings is 1. The topological polar surface area (TPSA) is 49.5 Å². The molecule has 25 heavy (non-hydrogen) atoms. The number of benzene rings is 1. The van der Waals surface area contributed by atoms with Crippen LogP contribution in [-0.2, 0) is 6.54 Å². The van der Waals surface area contributed by atoms with Crippen molar-refractivity contribution in [2.24, 2.45) is 0 Å². The molecule has 0 spiro atoms. The van der Waals surface area contributed by atoms with Gasteiger partial charge in [0.2, 0.25) is 0 Å². The van der Waals surface area contributed by atoms with E-state index in [1.165, 1.54) is 6.07 Å². The molecule has 5 heteroatoms. The lowest BCUT2D eigenvalue weighted by atomic mass is 10.0. The van der Waals surface area contributed by atoms with Gasteiger partial charge < -0.3 is 9.52 Å². The van der Waals surface area contributed by atoms with Gasteiger partial charge in [-0.3, -0.25) is 9.88 Å². The number of hydrogen-bond acceptors (Lipinski definition) is 4. The molecule has 4 rings (SSSR count). The first-order chi connectivity index (χ1) is 12.2. The van der Waals surface area contributed by atoms with Crippen molar-refractivity contribution in [2.45, 2.75) is 38.0 Å². The molecule has 1 N–H and O–H groups in total. The van der Waals surface area contributed by atoms with Gasteiger partial charge in [-0.25, -0.2) is 4.39 Å². The lowest BCUT2D eigenvalue weighted by Gasteiger charge is -2.26. The van der Waals surface area contributed by atoms with Crippen LogP contribution in [0.1, 0.15) is 36.7 Å². The van der Waals surface area contributed by atoms with Crippen LogP contribution in [0.15, 0.2) is 53.3 Å². The second-order valence-corrected chi connectivity index (χ2v) is 6.67. The van der Waals surface area contributed by atoms with Crippen LogP contribution in [0.2, 0.25) is 0 Å². The third-order valence-electron chi connectivity index (χ3n) is 4.99. The molecule has 130 valence electrons. The number of furan rings is 1. The SMILES string of the molecule is OC(CC1CCCN1Cc1cc(F)cc2cccnc12)c1ccco1. The number of hydrogen-bond donors (Lipinski definition) is 1. The Kier molecular flexibility index (Phi) is 4.51. The summed E-state index contributed by atoms with van der Waals surface area (Å²) >= 11 is 0. The van der Waals surface area contributed by atoms with Crippen LogP contribution in [0, 0.1) is 5.82 Å². The van der Waals surface area contributed by atoms with Gasteiger partial charge in [0.25, 0.3) is 0 Å². The summed E-state index contributed by atoms with van der Waals surface area (Å²) in [5.74, 6) is 0.367. The maximum atomic E-state index is 14.0. The Labute approximate surface area is 145 Å². The first-order valence-electron chi connectivity index (χ1n) is 8.69. The highest BCUT2D eigenvalue weighted by molar-refractivity contribution is 5.81. The molecular weight excluding hydrogens is 319 g/mol. The molecule has 1 saturated heterocycles. The molecule has 0 radical (unpaired) electrons. The van der Waals surface area contributed by atoms with E-state index < -0.39 is 6.10 Å². The zero-order valence-corrected chi connectivity index (χ0v) is 13.9. The number of rotatable bonds is 5. The van der Waals surface area contributed by atoms with Crippen molar-refractivity contribution >= 4 is 10.9 Å². The molecule has 1 aliphatic rings. The summed E-state index contributed by atoms with van der Waals surface area (Å²) in [5, 5.41) is 11.2. The molecule has 0 bridgehead atoms. The van der Waals surface area contributed by atoms with Crippen LogP contribution in [0.25, 0.3) is 10.9 Å². The highest BCUT2D eigenvalue weighted by Crippen LogP contribution is 2.30. The second-order valence-electron chi connectivity index (χ2n) is 6.67. The first kappa shape index (κ1) is 16.2. The zero-order valence-electron chi connectivity index (χ0n) is 13.9. The highest BCUT2D eigenvalue weighted by Gasteiger charge is 2.28. The summed E-state index contributed by atoms with van der Waals surface area (Å²) in [6.45, 7) is 1.58. The van der Waals surface area contributed by atoms with Crippen LogP contribution in [-0.4, -0.2) is 27.6 Å². The maximum absolute atomic E-state index is 14.0. The Balaban J connectivity index is 1.54. The van der Waals surface area contributed by atoms with E-state index in [2.05, 4.69) is 9.88 Å². The van der Waals surface area contributed by atoms with E-state index in [0.29, 0.717) is 18.7 Å². The monoisotopic (exact) mass is 340 g/mol. The predicted molar refractivity (Wildman–Crippen MR) is 93.4 cm³/mol. The average molecular weight is 340 g/mol. The standard InChI is InChI=1S/C20H21FN2O2/c21-16-10-14-4-1-7-22-20(14)15(11-16)13-23-8-2-5-17(23)12-18(24)19-6-3-9-25-19/h1,3-4,6-7,9-11,17-18,24H,2,5,8,12-13H2. The van der Waals surface area contributed by atoms with Crippen LogP contribution < -0.4 is 0 Å². The fraction of sp³-hybridized carbons (Fsp3) is 0.350. The van der Waals surface area contributed by atoms with Gasteiger partial charge in [-0.2, -0.15) is 0 Å². The summed E-state index contributed by atoms with van der Waals surface area (Å²) < 4.78 is 19.3. The van der Waals surface area contributed by atoms with Gasteiger partial charge in [0.1, 0.15) is 17.7 Å². The van der Waals surface area contributed by atoms with E-state index >= 15 is 0 Å². The van der Waals surface area contributed by atoms with Gasteiger partial charge in [-0.1, -0.05) is 6.07 Å². The maximum Gasteiger partial charge on any atom is 0.132 e. The molecular formula is C20H21FN2O2. The molecule has 2 unspecified atom stereocenters. The van der Waals surface area contributed by atoms with Gasteiger partial charge >= 0.3 is 0 Å². The quantitative estimate of drug-likeness (QED) is 0.761. The van der Waals surface area contributed by atoms with Gasteiger partial charge in [-0.05, 0) is 61.7 Å². The number of aromatic nitrogens is 1. The Morgan fingerprint density at radius 3 is 3.08 bits per heavy atom. The molecule has 0 amide bonds. The third kappa shape index (κ3) is 3.43. The number of aliphatic hydroxyl groups is 1. The Morgan fingerprint density at radius 1 is 1.32 bits per heavy atom. The van der Waals surface area contributed by atoms with Crippen molar-refractivity contribution in [1.29, 1.82) is 0 Å². The molecule has 0 saturated carbocycles. The molecule has 1 aromatic carbocycles. The number of aliphatic hydroxyl groups excluding tert-OH is 1. The van der Waals surface area contributed by atoms with E-state index in [1.54, 1.807) is 30.7 Å². The van der Waals surface area contributed by atoms with Gasteiger partial charge in [-0.15, -0.1) is 0 Å². The van der Waals surface area contributed by atoms with E-state index in [9.17, 15) is 9.50 Å². The van der Waals surface area contributed by atoms with Gasteiger partial charge in [0.05, 0.1) is 11.8 Å². The lowest BCUT2D eigenvalue weighted by molar-refractivity contribution is 0.0996. The Morgan fingerprint density at radius 2 is 2.24 bits per heavy atom. The van der Waals surface area contributed by atoms with Crippen molar-refractivity contribution in [3.63, 3.8) is 0 Å². The minimum Gasteiger partial charge on any atom is -0.467 e.